The lowest BCUT2D eigenvalue weighted by atomic mass is 10.3. The van der Waals surface area contributed by atoms with Gasteiger partial charge in [-0.2, -0.15) is 0 Å². The second-order valence-corrected chi connectivity index (χ2v) is 9.66. The van der Waals surface area contributed by atoms with E-state index in [4.69, 9.17) is 17.0 Å². The van der Waals surface area contributed by atoms with Gasteiger partial charge in [0.1, 0.15) is 10.5 Å². The first-order valence-electron chi connectivity index (χ1n) is 9.77. The second kappa shape index (κ2) is 8.41. The summed E-state index contributed by atoms with van der Waals surface area (Å²) in [6.45, 7) is 7.76. The van der Waals surface area contributed by atoms with Crippen LogP contribution in [-0.4, -0.2) is 32.7 Å². The highest BCUT2D eigenvalue weighted by atomic mass is 32.2. The number of rotatable bonds is 5. The smallest absolute Gasteiger partial charge is 0.200 e. The van der Waals surface area contributed by atoms with Crippen molar-refractivity contribution in [1.29, 1.82) is 0 Å². The first-order chi connectivity index (χ1) is 14.5. The molecule has 0 radical (unpaired) electrons. The van der Waals surface area contributed by atoms with Crippen molar-refractivity contribution in [3.05, 3.63) is 61.4 Å². The highest BCUT2D eigenvalue weighted by molar-refractivity contribution is 7.93. The number of nitrogens with zero attached hydrogens (tertiary/aromatic N) is 3. The zero-order valence-corrected chi connectivity index (χ0v) is 19.4. The molecular weight excluding hydrogens is 438 g/mol. The fourth-order valence-corrected chi connectivity index (χ4v) is 6.49. The summed E-state index contributed by atoms with van der Waals surface area (Å²) < 4.78 is 23.2. The van der Waals surface area contributed by atoms with Crippen LogP contribution in [0.4, 0.5) is 5.69 Å². The number of ether oxygens (including phenoxy) is 1. The summed E-state index contributed by atoms with van der Waals surface area (Å²) in [4.78, 5) is 3.14. The Morgan fingerprint density at radius 1 is 1.27 bits per heavy atom. The topological polar surface area (TPSA) is 60.5 Å². The fraction of sp³-hybridized carbons (Fsp3) is 0.286. The first-order valence-corrected chi connectivity index (χ1v) is 12.1. The van der Waals surface area contributed by atoms with E-state index in [1.807, 2.05) is 55.0 Å². The van der Waals surface area contributed by atoms with Crippen LogP contribution in [0.15, 0.2) is 47.2 Å². The number of thiazole rings is 1. The predicted molar refractivity (Wildman–Crippen MR) is 122 cm³/mol. The molecule has 0 bridgehead atoms. The van der Waals surface area contributed by atoms with Crippen molar-refractivity contribution >= 4 is 46.3 Å². The Labute approximate surface area is 187 Å². The molecule has 0 spiro atoms. The van der Waals surface area contributed by atoms with Crippen LogP contribution in [-0.2, 0) is 17.3 Å². The lowest BCUT2D eigenvalue weighted by Crippen LogP contribution is -2.19. The summed E-state index contributed by atoms with van der Waals surface area (Å²) >= 11 is 6.54. The van der Waals surface area contributed by atoms with Gasteiger partial charge in [-0.1, -0.05) is 12.1 Å². The third-order valence-corrected chi connectivity index (χ3v) is 8.00. The summed E-state index contributed by atoms with van der Waals surface area (Å²) in [5, 5.41) is 13.3. The van der Waals surface area contributed by atoms with E-state index in [0.29, 0.717) is 38.1 Å². The van der Waals surface area contributed by atoms with E-state index in [1.165, 1.54) is 11.3 Å². The van der Waals surface area contributed by atoms with Crippen molar-refractivity contribution in [2.45, 2.75) is 27.3 Å². The lowest BCUT2D eigenvalue weighted by Gasteiger charge is -2.21. The zero-order valence-electron chi connectivity index (χ0n) is 17.0. The van der Waals surface area contributed by atoms with Crippen LogP contribution in [0.5, 0.6) is 11.6 Å². The zero-order chi connectivity index (χ0) is 21.4. The maximum Gasteiger partial charge on any atom is 0.200 e. The number of para-hydroxylation sites is 2. The monoisotopic (exact) mass is 460 g/mol. The molecular formula is C21H22N3O3S3-. The molecule has 1 aromatic carbocycles. The number of fused-ring (bicyclic) bond motifs is 1. The summed E-state index contributed by atoms with van der Waals surface area (Å²) in [5.74, 6) is 1.32. The number of hydrogen-bond acceptors (Lipinski definition) is 6. The van der Waals surface area contributed by atoms with Crippen LogP contribution in [0.25, 0.3) is 0 Å². The maximum atomic E-state index is 13.3. The Morgan fingerprint density at radius 2 is 2.03 bits per heavy atom. The molecule has 1 atom stereocenters. The van der Waals surface area contributed by atoms with Crippen molar-refractivity contribution in [2.24, 2.45) is 0 Å². The fourth-order valence-electron chi connectivity index (χ4n) is 3.49. The molecule has 0 amide bonds. The molecule has 2 aromatic rings. The number of allylic oxidation sites excluding steroid dienone is 3. The molecule has 158 valence electrons. The van der Waals surface area contributed by atoms with E-state index in [9.17, 15) is 9.32 Å². The van der Waals surface area contributed by atoms with Gasteiger partial charge in [-0.25, -0.2) is 0 Å². The van der Waals surface area contributed by atoms with Crippen LogP contribution in [0.2, 0.25) is 0 Å². The van der Waals surface area contributed by atoms with E-state index in [1.54, 1.807) is 10.6 Å². The van der Waals surface area contributed by atoms with Gasteiger partial charge in [-0.05, 0) is 57.3 Å². The third kappa shape index (κ3) is 3.40. The molecule has 3 heterocycles. The van der Waals surface area contributed by atoms with Crippen molar-refractivity contribution in [3.63, 3.8) is 0 Å². The number of benzene rings is 1. The van der Waals surface area contributed by atoms with Crippen LogP contribution < -0.4 is 14.7 Å². The molecule has 9 heteroatoms. The molecule has 2 aliphatic rings. The van der Waals surface area contributed by atoms with Gasteiger partial charge in [0.05, 0.1) is 22.7 Å². The van der Waals surface area contributed by atoms with Crippen LogP contribution in [0, 0.1) is 9.33 Å². The Morgan fingerprint density at radius 3 is 2.70 bits per heavy atom. The quantitative estimate of drug-likeness (QED) is 0.387. The second-order valence-electron chi connectivity index (χ2n) is 6.62. The van der Waals surface area contributed by atoms with Gasteiger partial charge in [0.2, 0.25) is 5.88 Å². The molecule has 30 heavy (non-hydrogen) atoms. The van der Waals surface area contributed by atoms with Gasteiger partial charge < -0.3 is 19.3 Å². The highest BCUT2D eigenvalue weighted by Gasteiger charge is 2.33. The molecule has 1 unspecified atom stereocenters. The summed E-state index contributed by atoms with van der Waals surface area (Å²) in [6.07, 6.45) is 5.47. The Hall–Kier alpha value is -2.36. The summed E-state index contributed by atoms with van der Waals surface area (Å²) in [6, 6.07) is 7.85. The molecule has 4 rings (SSSR count). The van der Waals surface area contributed by atoms with E-state index in [2.05, 4.69) is 11.8 Å². The number of anilines is 1. The van der Waals surface area contributed by atoms with Crippen molar-refractivity contribution < 1.29 is 18.6 Å². The Kier molecular flexibility index (Phi) is 5.86. The molecule has 2 aliphatic heterocycles. The molecule has 6 nitrogen and oxygen atoms in total. The summed E-state index contributed by atoms with van der Waals surface area (Å²) in [7, 11) is -1.47. The standard InChI is InChI=1S/C21H23N3O3S3/c1-4-22-13-14(30(26)20(22)18-19(25)24(6-3)21(28)29-18)11-12-17-23(5-2)15-9-7-8-10-16(15)27-17/h7-13,25H,4-6H2,1-3H3/p-1. The van der Waals surface area contributed by atoms with Crippen LogP contribution in [0.1, 0.15) is 25.6 Å². The third-order valence-electron chi connectivity index (χ3n) is 4.98. The van der Waals surface area contributed by atoms with Gasteiger partial charge in [0.15, 0.2) is 11.1 Å². The van der Waals surface area contributed by atoms with E-state index in [-0.39, 0.29) is 5.88 Å². The average Bonchev–Trinajstić information content (AvgIpc) is 3.36. The molecule has 0 saturated heterocycles. The predicted octanol–water partition coefficient (Wildman–Crippen LogP) is 3.72. The maximum absolute atomic E-state index is 13.3. The van der Waals surface area contributed by atoms with Crippen LogP contribution >= 0.6 is 23.6 Å². The Bertz CT molecular complexity index is 1160. The normalized spacial score (nSPS) is 20.8. The lowest BCUT2D eigenvalue weighted by molar-refractivity contribution is -0.480. The van der Waals surface area contributed by atoms with Crippen molar-refractivity contribution in [2.75, 3.05) is 18.0 Å². The molecule has 1 aromatic heterocycles. The minimum atomic E-state index is -1.47. The minimum Gasteiger partial charge on any atom is -0.914 e. The average molecular weight is 461 g/mol. The highest BCUT2D eigenvalue weighted by Crippen LogP contribution is 2.39. The van der Waals surface area contributed by atoms with Gasteiger partial charge >= 0.3 is 0 Å². The van der Waals surface area contributed by atoms with Crippen molar-refractivity contribution in [1.82, 2.24) is 4.57 Å². The number of hydrogen-bond donors (Lipinski definition) is 0. The molecule has 0 N–H and O–H groups in total. The largest absolute Gasteiger partial charge is 0.914 e. The molecule has 0 aliphatic carbocycles. The summed E-state index contributed by atoms with van der Waals surface area (Å²) in [5.41, 5.74) is 1.01. The molecule has 0 saturated carbocycles. The van der Waals surface area contributed by atoms with Gasteiger partial charge in [-0.3, -0.25) is 8.78 Å². The van der Waals surface area contributed by atoms with Crippen LogP contribution in [0.3, 0.4) is 0 Å². The van der Waals surface area contributed by atoms with Gasteiger partial charge in [-0.15, -0.1) is 17.2 Å². The van der Waals surface area contributed by atoms with Crippen molar-refractivity contribution in [3.8, 4) is 11.6 Å². The SMILES string of the molecule is CCN1C(=CC=C2C=[N+](CC)[C-](c3sc(=S)n(CC)c3[O-])S2=O)Oc2ccccc21. The van der Waals surface area contributed by atoms with Gasteiger partial charge in [0.25, 0.3) is 0 Å². The van der Waals surface area contributed by atoms with E-state index < -0.39 is 10.8 Å². The first kappa shape index (κ1) is 20.9. The van der Waals surface area contributed by atoms with E-state index in [0.717, 1.165) is 18.0 Å². The van der Waals surface area contributed by atoms with Gasteiger partial charge in [0, 0.05) is 22.9 Å². The Balaban J connectivity index is 1.68. The van der Waals surface area contributed by atoms with E-state index >= 15 is 0 Å². The number of aromatic nitrogens is 1. The minimum absolute atomic E-state index is 0.172. The molecule has 0 fully saturated rings.